The minimum absolute atomic E-state index is 0.266. The maximum Gasteiger partial charge on any atom is 0.151 e. The smallest absolute Gasteiger partial charge is 0.151 e. The highest BCUT2D eigenvalue weighted by atomic mass is 35.5. The molecule has 3 rings (SSSR count). The van der Waals surface area contributed by atoms with Gasteiger partial charge in [0.1, 0.15) is 5.75 Å². The van der Waals surface area contributed by atoms with E-state index in [0.29, 0.717) is 5.15 Å². The molecule has 0 aliphatic carbocycles. The van der Waals surface area contributed by atoms with E-state index in [1.165, 1.54) is 5.56 Å². The van der Waals surface area contributed by atoms with E-state index in [-0.39, 0.29) is 6.04 Å². The number of aromatic nitrogens is 2. The van der Waals surface area contributed by atoms with Crippen LogP contribution in [0.3, 0.4) is 0 Å². The number of benzene rings is 1. The number of halogens is 1. The summed E-state index contributed by atoms with van der Waals surface area (Å²) in [5.41, 5.74) is 1.24. The van der Waals surface area contributed by atoms with Crippen molar-refractivity contribution in [1.82, 2.24) is 15.5 Å². The first-order valence-electron chi connectivity index (χ1n) is 6.88. The molecule has 6 heteroatoms. The van der Waals surface area contributed by atoms with Crippen LogP contribution >= 0.6 is 11.6 Å². The quantitative estimate of drug-likeness (QED) is 0.943. The largest absolute Gasteiger partial charge is 0.497 e. The molecule has 110 valence electrons. The Morgan fingerprint density at radius 3 is 2.67 bits per heavy atom. The van der Waals surface area contributed by atoms with Crippen LogP contribution in [0.25, 0.3) is 0 Å². The van der Waals surface area contributed by atoms with Crippen LogP contribution in [-0.4, -0.2) is 36.9 Å². The van der Waals surface area contributed by atoms with Crippen molar-refractivity contribution >= 4 is 17.4 Å². The Labute approximate surface area is 128 Å². The Morgan fingerprint density at radius 2 is 2.00 bits per heavy atom. The normalized spacial score (nSPS) is 18.6. The van der Waals surface area contributed by atoms with Gasteiger partial charge in [-0.05, 0) is 29.8 Å². The van der Waals surface area contributed by atoms with E-state index in [1.807, 2.05) is 18.2 Å². The molecule has 1 N–H and O–H groups in total. The van der Waals surface area contributed by atoms with Crippen LogP contribution in [0.2, 0.25) is 5.15 Å². The average Bonchev–Trinajstić information content (AvgIpc) is 2.56. The minimum atomic E-state index is 0.266. The highest BCUT2D eigenvalue weighted by Crippen LogP contribution is 2.23. The zero-order valence-electron chi connectivity index (χ0n) is 11.8. The molecule has 1 aromatic carbocycles. The molecule has 1 atom stereocenters. The van der Waals surface area contributed by atoms with Gasteiger partial charge in [0.15, 0.2) is 11.0 Å². The number of ether oxygens (including phenoxy) is 1. The van der Waals surface area contributed by atoms with Gasteiger partial charge in [-0.3, -0.25) is 0 Å². The van der Waals surface area contributed by atoms with Crippen molar-refractivity contribution in [2.24, 2.45) is 0 Å². The third-order valence-corrected chi connectivity index (χ3v) is 3.84. The van der Waals surface area contributed by atoms with Crippen LogP contribution in [0.15, 0.2) is 36.4 Å². The van der Waals surface area contributed by atoms with Crippen molar-refractivity contribution in [3.8, 4) is 5.75 Å². The molecule has 1 aliphatic heterocycles. The Bertz CT molecular complexity index is 588. The second-order valence-corrected chi connectivity index (χ2v) is 5.33. The number of methoxy groups -OCH3 is 1. The molecular weight excluding hydrogens is 288 g/mol. The molecule has 21 heavy (non-hydrogen) atoms. The van der Waals surface area contributed by atoms with Gasteiger partial charge >= 0.3 is 0 Å². The van der Waals surface area contributed by atoms with Crippen LogP contribution in [0.5, 0.6) is 5.75 Å². The molecule has 0 amide bonds. The van der Waals surface area contributed by atoms with E-state index in [2.05, 4.69) is 32.5 Å². The zero-order valence-corrected chi connectivity index (χ0v) is 12.5. The van der Waals surface area contributed by atoms with E-state index in [0.717, 1.165) is 31.2 Å². The van der Waals surface area contributed by atoms with Crippen LogP contribution in [0.1, 0.15) is 11.6 Å². The summed E-state index contributed by atoms with van der Waals surface area (Å²) in [6.07, 6.45) is 0. The van der Waals surface area contributed by atoms with E-state index >= 15 is 0 Å². The highest BCUT2D eigenvalue weighted by molar-refractivity contribution is 6.29. The lowest BCUT2D eigenvalue weighted by atomic mass is 10.0. The van der Waals surface area contributed by atoms with Crippen molar-refractivity contribution in [3.05, 3.63) is 47.1 Å². The third-order valence-electron chi connectivity index (χ3n) is 3.64. The maximum absolute atomic E-state index is 5.79. The zero-order chi connectivity index (χ0) is 14.7. The molecule has 1 saturated heterocycles. The molecular formula is C15H17ClN4O. The van der Waals surface area contributed by atoms with Crippen molar-refractivity contribution in [2.45, 2.75) is 6.04 Å². The summed E-state index contributed by atoms with van der Waals surface area (Å²) in [5.74, 6) is 1.73. The van der Waals surface area contributed by atoms with Crippen LogP contribution in [0.4, 0.5) is 5.82 Å². The lowest BCUT2D eigenvalue weighted by molar-refractivity contribution is 0.413. The lowest BCUT2D eigenvalue weighted by Gasteiger charge is -2.34. The summed E-state index contributed by atoms with van der Waals surface area (Å²) in [5, 5.41) is 12.0. The number of rotatable bonds is 3. The molecule has 0 bridgehead atoms. The molecule has 5 nitrogen and oxygen atoms in total. The molecule has 2 heterocycles. The predicted molar refractivity (Wildman–Crippen MR) is 83.0 cm³/mol. The molecule has 0 saturated carbocycles. The predicted octanol–water partition coefficient (Wildman–Crippen LogP) is 2.29. The number of nitrogens with one attached hydrogen (secondary N) is 1. The standard InChI is InChI=1S/C15H17ClN4O/c1-21-12-4-2-11(3-5-12)13-10-20(9-8-17-13)15-7-6-14(16)18-19-15/h2-7,13,17H,8-10H2,1H3. The molecule has 1 fully saturated rings. The van der Waals surface area contributed by atoms with Crippen LogP contribution < -0.4 is 15.0 Å². The minimum Gasteiger partial charge on any atom is -0.497 e. The summed E-state index contributed by atoms with van der Waals surface area (Å²) in [6.45, 7) is 2.66. The summed E-state index contributed by atoms with van der Waals surface area (Å²) in [7, 11) is 1.68. The summed E-state index contributed by atoms with van der Waals surface area (Å²) in [4.78, 5) is 2.22. The van der Waals surface area contributed by atoms with Gasteiger partial charge in [-0.15, -0.1) is 10.2 Å². The molecule has 1 aliphatic rings. The molecule has 0 radical (unpaired) electrons. The lowest BCUT2D eigenvalue weighted by Crippen LogP contribution is -2.46. The van der Waals surface area contributed by atoms with Crippen LogP contribution in [-0.2, 0) is 0 Å². The van der Waals surface area contributed by atoms with E-state index in [1.54, 1.807) is 13.2 Å². The van der Waals surface area contributed by atoms with Gasteiger partial charge in [-0.1, -0.05) is 23.7 Å². The summed E-state index contributed by atoms with van der Waals surface area (Å²) >= 11 is 5.79. The van der Waals surface area contributed by atoms with Gasteiger partial charge in [0.25, 0.3) is 0 Å². The van der Waals surface area contributed by atoms with Crippen molar-refractivity contribution in [2.75, 3.05) is 31.6 Å². The fourth-order valence-corrected chi connectivity index (χ4v) is 2.60. The van der Waals surface area contributed by atoms with Crippen LogP contribution in [0, 0.1) is 0 Å². The SMILES string of the molecule is COc1ccc(C2CN(c3ccc(Cl)nn3)CCN2)cc1. The Morgan fingerprint density at radius 1 is 1.19 bits per heavy atom. The van der Waals surface area contributed by atoms with Gasteiger partial charge < -0.3 is 15.0 Å². The fraction of sp³-hybridized carbons (Fsp3) is 0.333. The average molecular weight is 305 g/mol. The summed E-state index contributed by atoms with van der Waals surface area (Å²) < 4.78 is 5.20. The first-order valence-corrected chi connectivity index (χ1v) is 7.25. The van der Waals surface area contributed by atoms with Crippen molar-refractivity contribution in [1.29, 1.82) is 0 Å². The third kappa shape index (κ3) is 3.25. The number of anilines is 1. The molecule has 1 unspecified atom stereocenters. The summed E-state index contributed by atoms with van der Waals surface area (Å²) in [6, 6.07) is 12.1. The Hall–Kier alpha value is -1.85. The van der Waals surface area contributed by atoms with Gasteiger partial charge in [0.2, 0.25) is 0 Å². The van der Waals surface area contributed by atoms with Gasteiger partial charge in [-0.2, -0.15) is 0 Å². The van der Waals surface area contributed by atoms with Gasteiger partial charge in [0, 0.05) is 25.7 Å². The first kappa shape index (κ1) is 14.1. The van der Waals surface area contributed by atoms with Crippen molar-refractivity contribution < 1.29 is 4.74 Å². The second kappa shape index (κ2) is 6.28. The number of nitrogens with zero attached hydrogens (tertiary/aromatic N) is 3. The second-order valence-electron chi connectivity index (χ2n) is 4.94. The number of piperazine rings is 1. The molecule has 1 aromatic heterocycles. The fourth-order valence-electron chi connectivity index (χ4n) is 2.50. The van der Waals surface area contributed by atoms with E-state index in [4.69, 9.17) is 16.3 Å². The number of hydrogen-bond donors (Lipinski definition) is 1. The Balaban J connectivity index is 1.74. The van der Waals surface area contributed by atoms with Crippen molar-refractivity contribution in [3.63, 3.8) is 0 Å². The van der Waals surface area contributed by atoms with Gasteiger partial charge in [-0.25, -0.2) is 0 Å². The van der Waals surface area contributed by atoms with E-state index in [9.17, 15) is 0 Å². The molecule has 2 aromatic rings. The van der Waals surface area contributed by atoms with E-state index < -0.39 is 0 Å². The highest BCUT2D eigenvalue weighted by Gasteiger charge is 2.21. The maximum atomic E-state index is 5.79. The first-order chi connectivity index (χ1) is 10.3. The monoisotopic (exact) mass is 304 g/mol. The number of hydrogen-bond acceptors (Lipinski definition) is 5. The topological polar surface area (TPSA) is 50.3 Å². The molecule has 0 spiro atoms. The Kier molecular flexibility index (Phi) is 4.22. The van der Waals surface area contributed by atoms with Gasteiger partial charge in [0.05, 0.1) is 7.11 Å².